The van der Waals surface area contributed by atoms with Gasteiger partial charge in [0.25, 0.3) is 0 Å². The summed E-state index contributed by atoms with van der Waals surface area (Å²) in [6.07, 6.45) is 1.96. The summed E-state index contributed by atoms with van der Waals surface area (Å²) in [4.78, 5) is 4.50. The van der Waals surface area contributed by atoms with Gasteiger partial charge in [-0.25, -0.2) is 4.39 Å². The van der Waals surface area contributed by atoms with E-state index in [1.54, 1.807) is 18.2 Å². The van der Waals surface area contributed by atoms with Gasteiger partial charge in [-0.15, -0.1) is 0 Å². The van der Waals surface area contributed by atoms with E-state index in [1.807, 2.05) is 24.3 Å². The second-order valence-corrected chi connectivity index (χ2v) is 5.70. The van der Waals surface area contributed by atoms with Crippen molar-refractivity contribution < 1.29 is 4.39 Å². The molecule has 2 aromatic rings. The standard InChI is InChI=1S/C16H10BrClFN/c17-14-7-8-20-16(12-3-1-2-4-15(12)19)13-9-10(18)5-6-11(13)14/h1-7,9H,8H2. The van der Waals surface area contributed by atoms with Gasteiger partial charge in [0.05, 0.1) is 12.3 Å². The summed E-state index contributed by atoms with van der Waals surface area (Å²) in [5, 5.41) is 0.606. The second-order valence-electron chi connectivity index (χ2n) is 4.41. The van der Waals surface area contributed by atoms with Crippen LogP contribution in [0.2, 0.25) is 5.02 Å². The molecule has 1 aliphatic rings. The van der Waals surface area contributed by atoms with Crippen LogP contribution < -0.4 is 0 Å². The van der Waals surface area contributed by atoms with E-state index in [0.29, 0.717) is 22.8 Å². The third-order valence-electron chi connectivity index (χ3n) is 3.14. The molecule has 0 bridgehead atoms. The second kappa shape index (κ2) is 5.51. The minimum atomic E-state index is -0.282. The monoisotopic (exact) mass is 349 g/mol. The van der Waals surface area contributed by atoms with Crippen LogP contribution >= 0.6 is 27.5 Å². The zero-order chi connectivity index (χ0) is 14.1. The Kier molecular flexibility index (Phi) is 3.72. The van der Waals surface area contributed by atoms with Crippen LogP contribution in [0.4, 0.5) is 4.39 Å². The molecule has 0 saturated heterocycles. The van der Waals surface area contributed by atoms with E-state index in [4.69, 9.17) is 11.6 Å². The molecule has 0 spiro atoms. The first kappa shape index (κ1) is 13.5. The first-order valence-electron chi connectivity index (χ1n) is 6.12. The van der Waals surface area contributed by atoms with Crippen LogP contribution in [0.15, 0.2) is 53.5 Å². The Hall–Kier alpha value is -1.45. The Balaban J connectivity index is 2.25. The van der Waals surface area contributed by atoms with Gasteiger partial charge in [-0.05, 0) is 35.9 Å². The van der Waals surface area contributed by atoms with Crippen LogP contribution in [0.1, 0.15) is 16.7 Å². The van der Waals surface area contributed by atoms with E-state index >= 15 is 0 Å². The topological polar surface area (TPSA) is 12.4 Å². The van der Waals surface area contributed by atoms with Gasteiger partial charge in [-0.1, -0.05) is 45.7 Å². The molecule has 100 valence electrons. The van der Waals surface area contributed by atoms with Gasteiger partial charge < -0.3 is 0 Å². The van der Waals surface area contributed by atoms with Crippen LogP contribution in [-0.2, 0) is 0 Å². The molecule has 2 aromatic carbocycles. The normalized spacial score (nSPS) is 14.2. The molecule has 0 atom stereocenters. The molecule has 0 amide bonds. The van der Waals surface area contributed by atoms with Crippen LogP contribution in [0.25, 0.3) is 4.48 Å². The Labute approximate surface area is 129 Å². The summed E-state index contributed by atoms with van der Waals surface area (Å²) >= 11 is 9.62. The Morgan fingerprint density at radius 3 is 2.65 bits per heavy atom. The number of aliphatic imine (C=N–C) groups is 1. The van der Waals surface area contributed by atoms with Crippen molar-refractivity contribution in [3.05, 3.63) is 76.1 Å². The quantitative estimate of drug-likeness (QED) is 0.681. The smallest absolute Gasteiger partial charge is 0.132 e. The van der Waals surface area contributed by atoms with Crippen molar-refractivity contribution in [1.82, 2.24) is 0 Å². The van der Waals surface area contributed by atoms with Crippen molar-refractivity contribution >= 4 is 37.7 Å². The predicted octanol–water partition coefficient (Wildman–Crippen LogP) is 5.07. The lowest BCUT2D eigenvalue weighted by Crippen LogP contribution is -2.08. The van der Waals surface area contributed by atoms with E-state index in [0.717, 1.165) is 15.6 Å². The zero-order valence-corrected chi connectivity index (χ0v) is 12.7. The Morgan fingerprint density at radius 2 is 1.85 bits per heavy atom. The highest BCUT2D eigenvalue weighted by Crippen LogP contribution is 2.31. The number of halogens is 3. The number of fused-ring (bicyclic) bond motifs is 1. The fraction of sp³-hybridized carbons (Fsp3) is 0.0625. The summed E-state index contributed by atoms with van der Waals surface area (Å²) < 4.78 is 15.0. The predicted molar refractivity (Wildman–Crippen MR) is 85.3 cm³/mol. The van der Waals surface area contributed by atoms with E-state index in [9.17, 15) is 4.39 Å². The largest absolute Gasteiger partial charge is 0.280 e. The maximum Gasteiger partial charge on any atom is 0.132 e. The molecule has 20 heavy (non-hydrogen) atoms. The molecule has 1 heterocycles. The van der Waals surface area contributed by atoms with Gasteiger partial charge >= 0.3 is 0 Å². The minimum Gasteiger partial charge on any atom is -0.280 e. The molecular formula is C16H10BrClFN. The van der Waals surface area contributed by atoms with Crippen LogP contribution in [0.5, 0.6) is 0 Å². The summed E-state index contributed by atoms with van der Waals surface area (Å²) in [5.41, 5.74) is 2.93. The molecular weight excluding hydrogens is 341 g/mol. The van der Waals surface area contributed by atoms with E-state index in [1.165, 1.54) is 6.07 Å². The highest BCUT2D eigenvalue weighted by atomic mass is 79.9. The lowest BCUT2D eigenvalue weighted by atomic mass is 9.97. The SMILES string of the molecule is Fc1ccccc1C1=NCC=C(Br)c2ccc(Cl)cc21. The molecule has 1 nitrogen and oxygen atoms in total. The summed E-state index contributed by atoms with van der Waals surface area (Å²) in [6.45, 7) is 0.497. The highest BCUT2D eigenvalue weighted by molar-refractivity contribution is 9.15. The maximum atomic E-state index is 14.1. The van der Waals surface area contributed by atoms with E-state index in [-0.39, 0.29) is 5.82 Å². The van der Waals surface area contributed by atoms with Crippen LogP contribution in [0, 0.1) is 5.82 Å². The summed E-state index contributed by atoms with van der Waals surface area (Å²) in [6, 6.07) is 12.2. The summed E-state index contributed by atoms with van der Waals surface area (Å²) in [5.74, 6) is -0.282. The number of rotatable bonds is 1. The fourth-order valence-electron chi connectivity index (χ4n) is 2.22. The van der Waals surface area contributed by atoms with Crippen molar-refractivity contribution in [3.8, 4) is 0 Å². The van der Waals surface area contributed by atoms with Crippen LogP contribution in [-0.4, -0.2) is 12.3 Å². The van der Waals surface area contributed by atoms with Gasteiger partial charge in [0, 0.05) is 20.6 Å². The Morgan fingerprint density at radius 1 is 1.05 bits per heavy atom. The molecule has 1 aliphatic heterocycles. The Bertz CT molecular complexity index is 737. The average Bonchev–Trinajstić information content (AvgIpc) is 2.59. The molecule has 0 aromatic heterocycles. The first-order valence-corrected chi connectivity index (χ1v) is 7.29. The molecule has 0 radical (unpaired) electrons. The number of hydrogen-bond acceptors (Lipinski definition) is 1. The lowest BCUT2D eigenvalue weighted by molar-refractivity contribution is 0.625. The zero-order valence-electron chi connectivity index (χ0n) is 10.4. The number of hydrogen-bond donors (Lipinski definition) is 0. The lowest BCUT2D eigenvalue weighted by Gasteiger charge is -2.11. The van der Waals surface area contributed by atoms with E-state index < -0.39 is 0 Å². The van der Waals surface area contributed by atoms with Crippen molar-refractivity contribution in [2.45, 2.75) is 0 Å². The first-order chi connectivity index (χ1) is 9.66. The number of nitrogens with zero attached hydrogens (tertiary/aromatic N) is 1. The van der Waals surface area contributed by atoms with Crippen LogP contribution in [0.3, 0.4) is 0 Å². The minimum absolute atomic E-state index is 0.282. The molecule has 0 N–H and O–H groups in total. The molecule has 3 rings (SSSR count). The molecule has 0 aliphatic carbocycles. The van der Waals surface area contributed by atoms with Crippen molar-refractivity contribution in [3.63, 3.8) is 0 Å². The third kappa shape index (κ3) is 2.43. The van der Waals surface area contributed by atoms with Gasteiger partial charge in [-0.3, -0.25) is 4.99 Å². The average molecular weight is 351 g/mol. The van der Waals surface area contributed by atoms with E-state index in [2.05, 4.69) is 20.9 Å². The summed E-state index contributed by atoms with van der Waals surface area (Å²) in [7, 11) is 0. The molecule has 0 unspecified atom stereocenters. The number of benzene rings is 2. The molecule has 0 saturated carbocycles. The molecule has 4 heteroatoms. The van der Waals surface area contributed by atoms with Crippen molar-refractivity contribution in [2.75, 3.05) is 6.54 Å². The molecule has 0 fully saturated rings. The highest BCUT2D eigenvalue weighted by Gasteiger charge is 2.18. The van der Waals surface area contributed by atoms with Gasteiger partial charge in [-0.2, -0.15) is 0 Å². The van der Waals surface area contributed by atoms with Crippen molar-refractivity contribution in [2.24, 2.45) is 4.99 Å². The van der Waals surface area contributed by atoms with Crippen molar-refractivity contribution in [1.29, 1.82) is 0 Å². The maximum absolute atomic E-state index is 14.1. The van der Waals surface area contributed by atoms with Gasteiger partial charge in [0.2, 0.25) is 0 Å². The third-order valence-corrected chi connectivity index (χ3v) is 4.13. The van der Waals surface area contributed by atoms with Gasteiger partial charge in [0.1, 0.15) is 5.82 Å². The van der Waals surface area contributed by atoms with Gasteiger partial charge in [0.15, 0.2) is 0 Å². The fourth-order valence-corrected chi connectivity index (χ4v) is 2.88.